The monoisotopic (exact) mass is 509 g/mol. The van der Waals surface area contributed by atoms with Gasteiger partial charge < -0.3 is 9.15 Å². The smallest absolute Gasteiger partial charge is 0.338 e. The molecule has 8 heteroatoms. The van der Waals surface area contributed by atoms with Crippen molar-refractivity contribution in [3.8, 4) is 17.4 Å². The number of rotatable bonds is 5. The van der Waals surface area contributed by atoms with E-state index in [4.69, 9.17) is 9.15 Å². The molecule has 4 aromatic rings. The largest absolute Gasteiger partial charge is 0.463 e. The Morgan fingerprint density at radius 2 is 1.92 bits per heavy atom. The molecule has 37 heavy (non-hydrogen) atoms. The summed E-state index contributed by atoms with van der Waals surface area (Å²) < 4.78 is 13.3. The van der Waals surface area contributed by atoms with Crippen LogP contribution in [0.3, 0.4) is 0 Å². The number of hydrogen-bond acceptors (Lipinski definition) is 7. The van der Waals surface area contributed by atoms with E-state index in [0.717, 1.165) is 11.1 Å². The van der Waals surface area contributed by atoms with E-state index in [1.807, 2.05) is 43.3 Å². The third-order valence-electron chi connectivity index (χ3n) is 6.12. The van der Waals surface area contributed by atoms with Crippen LogP contribution in [0.25, 0.3) is 17.4 Å². The molecular formula is C29H23N3O4S. The van der Waals surface area contributed by atoms with Gasteiger partial charge in [-0.25, -0.2) is 9.79 Å². The summed E-state index contributed by atoms with van der Waals surface area (Å²) in [6, 6.07) is 20.0. The minimum atomic E-state index is -0.660. The number of aromatic nitrogens is 1. The van der Waals surface area contributed by atoms with Gasteiger partial charge in [0.2, 0.25) is 0 Å². The highest BCUT2D eigenvalue weighted by atomic mass is 32.1. The molecule has 5 rings (SSSR count). The van der Waals surface area contributed by atoms with Gasteiger partial charge in [0.1, 0.15) is 11.5 Å². The first kappa shape index (κ1) is 24.2. The van der Waals surface area contributed by atoms with Crippen LogP contribution in [0, 0.1) is 18.3 Å². The van der Waals surface area contributed by atoms with Crippen LogP contribution in [0.2, 0.25) is 0 Å². The van der Waals surface area contributed by atoms with Crippen molar-refractivity contribution in [3.63, 3.8) is 0 Å². The molecule has 0 amide bonds. The SMILES string of the molecule is CCOC(=O)C1=C(C)N=c2s/c(=C\c3ccc(-c4ccccc4C#N)o3)c(=O)n2[C@@H]1c1ccc(C)cc1. The molecule has 1 aliphatic rings. The predicted molar refractivity (Wildman–Crippen MR) is 140 cm³/mol. The quantitative estimate of drug-likeness (QED) is 0.375. The Hall–Kier alpha value is -4.48. The van der Waals surface area contributed by atoms with Gasteiger partial charge in [-0.15, -0.1) is 0 Å². The number of carbonyl (C=O) groups excluding carboxylic acids is 1. The lowest BCUT2D eigenvalue weighted by Crippen LogP contribution is -2.39. The molecule has 1 aliphatic heterocycles. The average molecular weight is 510 g/mol. The summed E-state index contributed by atoms with van der Waals surface area (Å²) in [5.41, 5.74) is 3.63. The van der Waals surface area contributed by atoms with Gasteiger partial charge in [0.05, 0.1) is 40.1 Å². The van der Waals surface area contributed by atoms with E-state index in [9.17, 15) is 14.9 Å². The number of fused-ring (bicyclic) bond motifs is 1. The number of carbonyl (C=O) groups is 1. The lowest BCUT2D eigenvalue weighted by Gasteiger charge is -2.24. The van der Waals surface area contributed by atoms with Gasteiger partial charge in [-0.1, -0.05) is 53.3 Å². The number of nitrogens with zero attached hydrogens (tertiary/aromatic N) is 3. The molecule has 0 bridgehead atoms. The maximum atomic E-state index is 13.7. The van der Waals surface area contributed by atoms with Crippen molar-refractivity contribution in [3.05, 3.63) is 114 Å². The highest BCUT2D eigenvalue weighted by Gasteiger charge is 2.33. The van der Waals surface area contributed by atoms with E-state index in [0.29, 0.717) is 43.3 Å². The maximum Gasteiger partial charge on any atom is 0.338 e. The van der Waals surface area contributed by atoms with Crippen LogP contribution in [0.5, 0.6) is 0 Å². The van der Waals surface area contributed by atoms with Gasteiger partial charge in [0.25, 0.3) is 5.56 Å². The van der Waals surface area contributed by atoms with Crippen molar-refractivity contribution in [1.29, 1.82) is 5.26 Å². The summed E-state index contributed by atoms with van der Waals surface area (Å²) in [6.45, 7) is 5.71. The summed E-state index contributed by atoms with van der Waals surface area (Å²) in [5.74, 6) is 0.519. The third-order valence-corrected chi connectivity index (χ3v) is 7.11. The van der Waals surface area contributed by atoms with Crippen LogP contribution in [0.4, 0.5) is 0 Å². The van der Waals surface area contributed by atoms with Crippen LogP contribution in [-0.2, 0) is 9.53 Å². The van der Waals surface area contributed by atoms with Crippen molar-refractivity contribution in [2.45, 2.75) is 26.8 Å². The molecule has 2 aromatic heterocycles. The van der Waals surface area contributed by atoms with Gasteiger partial charge in [0, 0.05) is 11.6 Å². The topological polar surface area (TPSA) is 97.6 Å². The van der Waals surface area contributed by atoms with Crippen LogP contribution in [0.1, 0.15) is 42.3 Å². The summed E-state index contributed by atoms with van der Waals surface area (Å²) in [7, 11) is 0. The van der Waals surface area contributed by atoms with Gasteiger partial charge >= 0.3 is 5.97 Å². The summed E-state index contributed by atoms with van der Waals surface area (Å²) in [5, 5.41) is 9.41. The normalized spacial score (nSPS) is 15.2. The van der Waals surface area contributed by atoms with Crippen molar-refractivity contribution in [2.75, 3.05) is 6.61 Å². The van der Waals surface area contributed by atoms with E-state index in [1.165, 1.54) is 11.3 Å². The van der Waals surface area contributed by atoms with Crippen LogP contribution in [-0.4, -0.2) is 17.1 Å². The van der Waals surface area contributed by atoms with E-state index in [2.05, 4.69) is 11.1 Å². The maximum absolute atomic E-state index is 13.7. The number of hydrogen-bond donors (Lipinski definition) is 0. The molecule has 0 fully saturated rings. The zero-order valence-electron chi connectivity index (χ0n) is 20.5. The molecule has 0 saturated heterocycles. The Morgan fingerprint density at radius 3 is 2.65 bits per heavy atom. The van der Waals surface area contributed by atoms with E-state index in [-0.39, 0.29) is 12.2 Å². The number of ether oxygens (including phenoxy) is 1. The number of furan rings is 1. The third kappa shape index (κ3) is 4.46. The molecule has 0 spiro atoms. The van der Waals surface area contributed by atoms with E-state index < -0.39 is 12.0 Å². The Morgan fingerprint density at radius 1 is 1.16 bits per heavy atom. The standard InChI is InChI=1S/C29H23N3O4S/c1-4-35-28(34)25-18(3)31-29-32(26(25)19-11-9-17(2)10-12-19)27(33)24(37-29)15-21-13-14-23(36-21)22-8-6-5-7-20(22)16-30/h5-15,26H,4H2,1-3H3/b24-15-/t26-/m1/s1. The van der Waals surface area contributed by atoms with Crippen molar-refractivity contribution in [2.24, 2.45) is 4.99 Å². The number of allylic oxidation sites excluding steroid dienone is 1. The summed E-state index contributed by atoms with van der Waals surface area (Å²) in [6.07, 6.45) is 1.66. The molecule has 0 radical (unpaired) electrons. The van der Waals surface area contributed by atoms with Crippen molar-refractivity contribution in [1.82, 2.24) is 4.57 Å². The Balaban J connectivity index is 1.64. The fraction of sp³-hybridized carbons (Fsp3) is 0.172. The second-order valence-corrected chi connectivity index (χ2v) is 9.58. The van der Waals surface area contributed by atoms with Gasteiger partial charge in [-0.05, 0) is 50.6 Å². The second-order valence-electron chi connectivity index (χ2n) is 8.57. The molecule has 3 heterocycles. The minimum Gasteiger partial charge on any atom is -0.463 e. The first-order chi connectivity index (χ1) is 17.9. The lowest BCUT2D eigenvalue weighted by molar-refractivity contribution is -0.139. The predicted octanol–water partition coefficient (Wildman–Crippen LogP) is 4.24. The number of aryl methyl sites for hydroxylation is 1. The van der Waals surface area contributed by atoms with Crippen molar-refractivity contribution >= 4 is 23.4 Å². The zero-order valence-corrected chi connectivity index (χ0v) is 21.3. The van der Waals surface area contributed by atoms with Gasteiger partial charge in [-0.3, -0.25) is 9.36 Å². The highest BCUT2D eigenvalue weighted by molar-refractivity contribution is 7.07. The Bertz CT molecular complexity index is 1760. The second kappa shape index (κ2) is 9.88. The van der Waals surface area contributed by atoms with Crippen molar-refractivity contribution < 1.29 is 13.9 Å². The minimum absolute atomic E-state index is 0.219. The molecule has 0 saturated carbocycles. The number of benzene rings is 2. The first-order valence-electron chi connectivity index (χ1n) is 11.8. The van der Waals surface area contributed by atoms with Gasteiger partial charge in [0.15, 0.2) is 4.80 Å². The van der Waals surface area contributed by atoms with Crippen LogP contribution < -0.4 is 14.9 Å². The number of thiazole rings is 1. The molecule has 1 atom stereocenters. The summed E-state index contributed by atoms with van der Waals surface area (Å²) in [4.78, 5) is 31.8. The zero-order chi connectivity index (χ0) is 26.1. The van der Waals surface area contributed by atoms with Crippen LogP contribution >= 0.6 is 11.3 Å². The summed E-state index contributed by atoms with van der Waals surface area (Å²) >= 11 is 1.23. The average Bonchev–Trinajstić information content (AvgIpc) is 3.48. The number of esters is 1. The Labute approximate surface area is 216 Å². The molecule has 7 nitrogen and oxygen atoms in total. The fourth-order valence-electron chi connectivity index (χ4n) is 4.36. The molecule has 184 valence electrons. The lowest BCUT2D eigenvalue weighted by atomic mass is 9.95. The van der Waals surface area contributed by atoms with E-state index >= 15 is 0 Å². The molecular weight excluding hydrogens is 486 g/mol. The molecule has 0 aliphatic carbocycles. The van der Waals surface area contributed by atoms with Crippen LogP contribution in [0.15, 0.2) is 86.1 Å². The van der Waals surface area contributed by atoms with Gasteiger partial charge in [-0.2, -0.15) is 5.26 Å². The number of nitriles is 1. The molecule has 0 unspecified atom stereocenters. The molecule has 0 N–H and O–H groups in total. The first-order valence-corrected chi connectivity index (χ1v) is 12.6. The fourth-order valence-corrected chi connectivity index (χ4v) is 5.38. The molecule has 2 aromatic carbocycles. The Kier molecular flexibility index (Phi) is 6.47. The van der Waals surface area contributed by atoms with E-state index in [1.54, 1.807) is 48.8 Å². The highest BCUT2D eigenvalue weighted by Crippen LogP contribution is 2.31.